The normalized spacial score (nSPS) is 12.4. The molecule has 0 saturated carbocycles. The minimum absolute atomic E-state index is 0. The minimum atomic E-state index is 0. The van der Waals surface area contributed by atoms with Gasteiger partial charge in [-0.25, -0.2) is 0 Å². The summed E-state index contributed by atoms with van der Waals surface area (Å²) in [6, 6.07) is 0. The Labute approximate surface area is 442 Å². The van der Waals surface area contributed by atoms with Gasteiger partial charge in [-0.05, 0) is 69.3 Å². The molecule has 0 aliphatic rings. The first-order valence-electron chi connectivity index (χ1n) is 27.1. The van der Waals surface area contributed by atoms with E-state index in [0.717, 1.165) is 151 Å². The molecule has 0 aromatic carbocycles. The smallest absolute Gasteiger partial charge is 0.0558 e. The molecule has 0 spiro atoms. The molecular formula is C51H121N13O8. The molecule has 0 saturated heterocycles. The van der Waals surface area contributed by atoms with Crippen molar-refractivity contribution in [3.63, 3.8) is 0 Å². The zero-order valence-electron chi connectivity index (χ0n) is 47.4. The van der Waals surface area contributed by atoms with Crippen LogP contribution in [-0.4, -0.2) is 417 Å². The summed E-state index contributed by atoms with van der Waals surface area (Å²) >= 11 is 0. The van der Waals surface area contributed by atoms with Crippen LogP contribution in [0.3, 0.4) is 0 Å². The lowest BCUT2D eigenvalue weighted by molar-refractivity contribution is 0.118. The van der Waals surface area contributed by atoms with Gasteiger partial charge in [0.25, 0.3) is 0 Å². The number of rotatable bonds is 52. The van der Waals surface area contributed by atoms with Gasteiger partial charge in [0.1, 0.15) is 0 Å². The average Bonchev–Trinajstić information content (AvgIpc) is 3.34. The van der Waals surface area contributed by atoms with Crippen molar-refractivity contribution in [1.82, 2.24) is 63.7 Å². The summed E-state index contributed by atoms with van der Waals surface area (Å²) in [5, 5.41) is 74.9. The van der Waals surface area contributed by atoms with Crippen molar-refractivity contribution in [3.05, 3.63) is 0 Å². The molecule has 0 aromatic heterocycles. The second kappa shape index (κ2) is 53.6. The maximum Gasteiger partial charge on any atom is 0.0558 e. The monoisotopic (exact) mass is 1040 g/mol. The number of aliphatic hydroxyl groups is 8. The van der Waals surface area contributed by atoms with Crippen molar-refractivity contribution in [2.24, 2.45) is 0 Å². The fourth-order valence-electron chi connectivity index (χ4n) is 7.68. The number of unbranched alkanes of at least 4 members (excludes halogenated alkanes) is 1. The summed E-state index contributed by atoms with van der Waals surface area (Å²) < 4.78 is 0. The second-order valence-electron chi connectivity index (χ2n) is 19.8. The highest BCUT2D eigenvalue weighted by Crippen LogP contribution is 2.02. The third-order valence-corrected chi connectivity index (χ3v) is 13.3. The molecule has 72 heavy (non-hydrogen) atoms. The van der Waals surface area contributed by atoms with Gasteiger partial charge in [0.15, 0.2) is 0 Å². The van der Waals surface area contributed by atoms with E-state index in [2.05, 4.69) is 106 Å². The molecule has 0 bridgehead atoms. The van der Waals surface area contributed by atoms with Crippen molar-refractivity contribution >= 4 is 0 Å². The molecule has 0 radical (unpaired) electrons. The van der Waals surface area contributed by atoms with Crippen LogP contribution < -0.4 is 0 Å². The maximum absolute atomic E-state index is 10.0. The minimum Gasteiger partial charge on any atom is -0.395 e. The van der Waals surface area contributed by atoms with Gasteiger partial charge in [0, 0.05) is 196 Å². The molecule has 0 heterocycles. The van der Waals surface area contributed by atoms with Crippen LogP contribution in [0.5, 0.6) is 0 Å². The third-order valence-electron chi connectivity index (χ3n) is 13.3. The Hall–Kier alpha value is -0.840. The lowest BCUT2D eigenvalue weighted by Crippen LogP contribution is -2.47. The first-order valence-corrected chi connectivity index (χ1v) is 27.1. The summed E-state index contributed by atoms with van der Waals surface area (Å²) in [5.41, 5.74) is 0. The van der Waals surface area contributed by atoms with E-state index in [1.165, 1.54) is 12.8 Å². The van der Waals surface area contributed by atoms with E-state index in [1.54, 1.807) is 0 Å². The Morgan fingerprint density at radius 2 is 0.333 bits per heavy atom. The zero-order valence-corrected chi connectivity index (χ0v) is 47.4. The lowest BCUT2D eigenvalue weighted by atomic mass is 10.3. The van der Waals surface area contributed by atoms with Gasteiger partial charge in [-0.3, -0.25) is 24.5 Å². The molecule has 0 aliphatic carbocycles. The molecule has 438 valence electrons. The van der Waals surface area contributed by atoms with Crippen LogP contribution >= 0.6 is 0 Å². The van der Waals surface area contributed by atoms with Gasteiger partial charge in [-0.1, -0.05) is 20.8 Å². The van der Waals surface area contributed by atoms with Crippen molar-refractivity contribution < 1.29 is 40.9 Å². The number of likely N-dealkylation sites (N-methyl/N-ethyl adjacent to an activating group) is 8. The largest absolute Gasteiger partial charge is 0.395 e. The average molecular weight is 1040 g/mol. The highest BCUT2D eigenvalue weighted by molar-refractivity contribution is 4.73. The van der Waals surface area contributed by atoms with Gasteiger partial charge in [-0.2, -0.15) is 0 Å². The number of aliphatic hydroxyl groups excluding tert-OH is 8. The summed E-state index contributed by atoms with van der Waals surface area (Å²) in [4.78, 5) is 29.8. The van der Waals surface area contributed by atoms with Crippen molar-refractivity contribution in [2.75, 3.05) is 312 Å². The fraction of sp³-hybridized carbons (Fsp3) is 1.00. The zero-order chi connectivity index (χ0) is 53.5. The van der Waals surface area contributed by atoms with Crippen molar-refractivity contribution in [2.45, 2.75) is 27.2 Å². The summed E-state index contributed by atoms with van der Waals surface area (Å²) in [7, 11) is 16.6. The van der Waals surface area contributed by atoms with Crippen LogP contribution in [0.4, 0.5) is 0 Å². The van der Waals surface area contributed by atoms with Gasteiger partial charge in [0.05, 0.1) is 52.9 Å². The van der Waals surface area contributed by atoms with Gasteiger partial charge in [-0.15, -0.1) is 0 Å². The molecular weight excluding hydrogens is 923 g/mol. The standard InChI is InChI=1S/C42H97N11O6.C8H20N2O2.CH4/c1-8-9-10-43(2)13-19-50(26-25-49(20-17-47(6)32-38-55)21-18-48(7)33-39-56)27-28-53(36-42-59)30-29-52(35-41-58)24-16-45(4)15-23-51(34-40-57)22-14-44(3)11-12-46(5)31-37-54;1-9(5-7-11)3-4-10(2)6-8-12;/h54-59H,8-42H2,1-7H3;11-12H,3-8H2,1-2H3;1H4. The van der Waals surface area contributed by atoms with E-state index in [1.807, 2.05) is 21.1 Å². The number of nitrogens with zero attached hydrogens (tertiary/aromatic N) is 13. The van der Waals surface area contributed by atoms with Crippen LogP contribution in [-0.2, 0) is 0 Å². The molecule has 0 atom stereocenters. The van der Waals surface area contributed by atoms with E-state index in [0.29, 0.717) is 52.4 Å². The molecule has 0 fully saturated rings. The summed E-state index contributed by atoms with van der Waals surface area (Å²) in [6.07, 6.45) is 2.38. The van der Waals surface area contributed by atoms with Crippen LogP contribution in [0.15, 0.2) is 0 Å². The third kappa shape index (κ3) is 47.6. The molecule has 21 nitrogen and oxygen atoms in total. The number of hydrogen-bond donors (Lipinski definition) is 8. The SMILES string of the molecule is C.CCCCN(C)CCN(CCN(CCN(C)CCO)CCN(C)CCO)CCN(CCO)CCN(CCO)CCN(C)CCN(CCO)CCN(C)CCN(C)CCO.CN(CCO)CCN(C)CCO. The summed E-state index contributed by atoms with van der Waals surface area (Å²) in [6.45, 7) is 29.9. The highest BCUT2D eigenvalue weighted by Gasteiger charge is 2.17. The quantitative estimate of drug-likeness (QED) is 0.0296. The Bertz CT molecular complexity index is 1070. The van der Waals surface area contributed by atoms with Gasteiger partial charge < -0.3 is 80.1 Å². The van der Waals surface area contributed by atoms with Crippen LogP contribution in [0.25, 0.3) is 0 Å². The van der Waals surface area contributed by atoms with E-state index in [9.17, 15) is 25.5 Å². The molecule has 21 heteroatoms. The Morgan fingerprint density at radius 1 is 0.194 bits per heavy atom. The van der Waals surface area contributed by atoms with Crippen molar-refractivity contribution in [1.29, 1.82) is 0 Å². The van der Waals surface area contributed by atoms with E-state index in [4.69, 9.17) is 15.3 Å². The van der Waals surface area contributed by atoms with E-state index in [-0.39, 0.29) is 60.3 Å². The lowest BCUT2D eigenvalue weighted by Gasteiger charge is -2.33. The first-order chi connectivity index (χ1) is 34.1. The van der Waals surface area contributed by atoms with Crippen LogP contribution in [0.1, 0.15) is 27.2 Å². The predicted molar refractivity (Wildman–Crippen MR) is 301 cm³/mol. The number of hydrogen-bond acceptors (Lipinski definition) is 21. The Morgan fingerprint density at radius 3 is 0.514 bits per heavy atom. The van der Waals surface area contributed by atoms with E-state index < -0.39 is 0 Å². The molecule has 8 N–H and O–H groups in total. The molecule has 0 rings (SSSR count). The maximum atomic E-state index is 10.0. The van der Waals surface area contributed by atoms with Crippen LogP contribution in [0, 0.1) is 0 Å². The molecule has 0 aromatic rings. The van der Waals surface area contributed by atoms with Gasteiger partial charge >= 0.3 is 0 Å². The summed E-state index contributed by atoms with van der Waals surface area (Å²) in [5.74, 6) is 0. The fourth-order valence-corrected chi connectivity index (χ4v) is 7.68. The Kier molecular flexibility index (Phi) is 56.1. The highest BCUT2D eigenvalue weighted by atomic mass is 16.3. The topological polar surface area (TPSA) is 204 Å². The second-order valence-corrected chi connectivity index (χ2v) is 19.8. The predicted octanol–water partition coefficient (Wildman–Crippen LogP) is -3.69. The molecule has 0 amide bonds. The first kappa shape index (κ1) is 75.4. The molecule has 0 unspecified atom stereocenters. The Balaban J connectivity index is -0.00000320. The van der Waals surface area contributed by atoms with E-state index >= 15 is 0 Å². The van der Waals surface area contributed by atoms with Crippen LogP contribution in [0.2, 0.25) is 0 Å². The van der Waals surface area contributed by atoms with Gasteiger partial charge in [0.2, 0.25) is 0 Å². The van der Waals surface area contributed by atoms with Crippen molar-refractivity contribution in [3.8, 4) is 0 Å². The molecule has 0 aliphatic heterocycles.